The minimum atomic E-state index is -4.06. The molecule has 1 aliphatic rings. The summed E-state index contributed by atoms with van der Waals surface area (Å²) in [5.41, 5.74) is 1.08. The summed E-state index contributed by atoms with van der Waals surface area (Å²) in [5.74, 6) is -0.329. The first-order valence-corrected chi connectivity index (χ1v) is 6.02. The number of rotatable bonds is 4. The zero-order valence-corrected chi connectivity index (χ0v) is 8.27. The molecule has 0 heterocycles. The SMILES string of the molecule is O=S(=O)([O-])CCNC1=CCCCC1. The van der Waals surface area contributed by atoms with Crippen LogP contribution in [0.2, 0.25) is 0 Å². The van der Waals surface area contributed by atoms with E-state index in [2.05, 4.69) is 11.4 Å². The molecule has 76 valence electrons. The second kappa shape index (κ2) is 4.62. The number of hydrogen-bond donors (Lipinski definition) is 1. The van der Waals surface area contributed by atoms with Crippen LogP contribution in [0.1, 0.15) is 25.7 Å². The molecule has 1 aliphatic carbocycles. The molecule has 0 amide bonds. The Labute approximate surface area is 78.8 Å². The van der Waals surface area contributed by atoms with Crippen LogP contribution in [0.3, 0.4) is 0 Å². The molecule has 4 nitrogen and oxygen atoms in total. The highest BCUT2D eigenvalue weighted by Crippen LogP contribution is 2.14. The molecule has 0 bridgehead atoms. The molecule has 0 aromatic rings. The van der Waals surface area contributed by atoms with Gasteiger partial charge in [-0.2, -0.15) is 0 Å². The van der Waals surface area contributed by atoms with Gasteiger partial charge in [-0.1, -0.05) is 6.08 Å². The van der Waals surface area contributed by atoms with Gasteiger partial charge in [0.15, 0.2) is 0 Å². The van der Waals surface area contributed by atoms with E-state index in [1.165, 1.54) is 6.42 Å². The second-order valence-corrected chi connectivity index (χ2v) is 4.69. The lowest BCUT2D eigenvalue weighted by molar-refractivity contribution is 0.461. The molecule has 0 aromatic carbocycles. The molecule has 0 saturated carbocycles. The zero-order chi connectivity index (χ0) is 9.73. The van der Waals surface area contributed by atoms with Gasteiger partial charge in [0.1, 0.15) is 0 Å². The second-order valence-electron chi connectivity index (χ2n) is 3.16. The van der Waals surface area contributed by atoms with E-state index in [0.717, 1.165) is 25.0 Å². The Kier molecular flexibility index (Phi) is 3.74. The highest BCUT2D eigenvalue weighted by molar-refractivity contribution is 7.85. The third kappa shape index (κ3) is 4.90. The summed E-state index contributed by atoms with van der Waals surface area (Å²) >= 11 is 0. The van der Waals surface area contributed by atoms with Gasteiger partial charge in [0.05, 0.1) is 15.9 Å². The molecule has 13 heavy (non-hydrogen) atoms. The monoisotopic (exact) mass is 204 g/mol. The lowest BCUT2D eigenvalue weighted by atomic mass is 10.1. The summed E-state index contributed by atoms with van der Waals surface area (Å²) < 4.78 is 30.8. The van der Waals surface area contributed by atoms with Crippen molar-refractivity contribution >= 4 is 10.1 Å². The van der Waals surface area contributed by atoms with E-state index in [1.807, 2.05) is 0 Å². The predicted octanol–water partition coefficient (Wildman–Crippen LogP) is 0.579. The topological polar surface area (TPSA) is 69.2 Å². The number of allylic oxidation sites excluding steroid dienone is 2. The maximum Gasteiger partial charge on any atom is 0.0963 e. The Morgan fingerprint density at radius 1 is 1.46 bits per heavy atom. The highest BCUT2D eigenvalue weighted by atomic mass is 32.2. The van der Waals surface area contributed by atoms with Crippen LogP contribution in [0, 0.1) is 0 Å². The largest absolute Gasteiger partial charge is 0.748 e. The Morgan fingerprint density at radius 3 is 2.77 bits per heavy atom. The van der Waals surface area contributed by atoms with Gasteiger partial charge in [0.2, 0.25) is 0 Å². The Morgan fingerprint density at radius 2 is 2.23 bits per heavy atom. The molecule has 0 fully saturated rings. The van der Waals surface area contributed by atoms with Crippen molar-refractivity contribution in [1.82, 2.24) is 5.32 Å². The van der Waals surface area contributed by atoms with E-state index in [4.69, 9.17) is 0 Å². The van der Waals surface area contributed by atoms with E-state index >= 15 is 0 Å². The van der Waals surface area contributed by atoms with Gasteiger partial charge in [-0.25, -0.2) is 8.42 Å². The van der Waals surface area contributed by atoms with E-state index < -0.39 is 10.1 Å². The van der Waals surface area contributed by atoms with Gasteiger partial charge in [0.25, 0.3) is 0 Å². The average molecular weight is 204 g/mol. The fraction of sp³-hybridized carbons (Fsp3) is 0.750. The minimum Gasteiger partial charge on any atom is -0.748 e. The third-order valence-electron chi connectivity index (χ3n) is 2.00. The molecule has 0 spiro atoms. The number of hydrogen-bond acceptors (Lipinski definition) is 4. The van der Waals surface area contributed by atoms with Gasteiger partial charge < -0.3 is 9.87 Å². The maximum atomic E-state index is 10.3. The van der Waals surface area contributed by atoms with E-state index in [0.29, 0.717) is 0 Å². The first kappa shape index (κ1) is 10.5. The molecule has 0 aromatic heterocycles. The van der Waals surface area contributed by atoms with Gasteiger partial charge in [-0.3, -0.25) is 0 Å². The lowest BCUT2D eigenvalue weighted by Gasteiger charge is -2.15. The van der Waals surface area contributed by atoms with E-state index in [1.54, 1.807) is 0 Å². The van der Waals surface area contributed by atoms with E-state index in [-0.39, 0.29) is 12.3 Å². The molecule has 5 heteroatoms. The van der Waals surface area contributed by atoms with Crippen molar-refractivity contribution in [3.63, 3.8) is 0 Å². The molecule has 0 unspecified atom stereocenters. The van der Waals surface area contributed by atoms with Gasteiger partial charge in [-0.05, 0) is 25.7 Å². The summed E-state index contributed by atoms with van der Waals surface area (Å²) in [6.07, 6.45) is 6.43. The van der Waals surface area contributed by atoms with Crippen LogP contribution in [-0.4, -0.2) is 25.3 Å². The first-order chi connectivity index (χ1) is 6.08. The smallest absolute Gasteiger partial charge is 0.0963 e. The fourth-order valence-electron chi connectivity index (χ4n) is 1.34. The van der Waals surface area contributed by atoms with Crippen LogP contribution in [0.4, 0.5) is 0 Å². The molecule has 1 rings (SSSR count). The van der Waals surface area contributed by atoms with Gasteiger partial charge in [0, 0.05) is 12.2 Å². The van der Waals surface area contributed by atoms with E-state index in [9.17, 15) is 13.0 Å². The predicted molar refractivity (Wildman–Crippen MR) is 49.1 cm³/mol. The molecule has 1 N–H and O–H groups in total. The van der Waals surface area contributed by atoms with Crippen molar-refractivity contribution in [3.05, 3.63) is 11.8 Å². The summed E-state index contributed by atoms with van der Waals surface area (Å²) in [5, 5.41) is 2.96. The summed E-state index contributed by atoms with van der Waals surface area (Å²) in [7, 11) is -4.06. The molecule has 0 aliphatic heterocycles. The van der Waals surface area contributed by atoms with Crippen LogP contribution < -0.4 is 5.32 Å². The van der Waals surface area contributed by atoms with Crippen LogP contribution >= 0.6 is 0 Å². The van der Waals surface area contributed by atoms with Crippen molar-refractivity contribution in [2.45, 2.75) is 25.7 Å². The molecular formula is C8H14NO3S-. The molecule has 0 radical (unpaired) electrons. The van der Waals surface area contributed by atoms with Crippen LogP contribution in [0.15, 0.2) is 11.8 Å². The quantitative estimate of drug-likeness (QED) is 0.680. The van der Waals surface area contributed by atoms with Crippen molar-refractivity contribution in [1.29, 1.82) is 0 Å². The molecule has 0 atom stereocenters. The molecule has 0 saturated heterocycles. The van der Waals surface area contributed by atoms with Crippen LogP contribution in [0.5, 0.6) is 0 Å². The Balaban J connectivity index is 2.22. The fourth-order valence-corrected chi connectivity index (χ4v) is 1.69. The van der Waals surface area contributed by atoms with Crippen molar-refractivity contribution in [2.75, 3.05) is 12.3 Å². The lowest BCUT2D eigenvalue weighted by Crippen LogP contribution is -2.23. The summed E-state index contributed by atoms with van der Waals surface area (Å²) in [6.45, 7) is 0.234. The first-order valence-electron chi connectivity index (χ1n) is 4.44. The summed E-state index contributed by atoms with van der Waals surface area (Å²) in [4.78, 5) is 0. The van der Waals surface area contributed by atoms with Crippen molar-refractivity contribution in [3.8, 4) is 0 Å². The molecular weight excluding hydrogens is 190 g/mol. The van der Waals surface area contributed by atoms with Gasteiger partial charge in [-0.15, -0.1) is 0 Å². The minimum absolute atomic E-state index is 0.234. The Hall–Kier alpha value is -0.550. The van der Waals surface area contributed by atoms with Crippen molar-refractivity contribution in [2.24, 2.45) is 0 Å². The van der Waals surface area contributed by atoms with Crippen molar-refractivity contribution < 1.29 is 13.0 Å². The normalized spacial score (nSPS) is 18.1. The standard InChI is InChI=1S/C8H15NO3S/c10-13(11,12)7-6-9-8-4-2-1-3-5-8/h4,9H,1-3,5-7H2,(H,10,11,12)/p-1. The zero-order valence-electron chi connectivity index (χ0n) is 7.45. The number of nitrogens with one attached hydrogen (secondary N) is 1. The summed E-state index contributed by atoms with van der Waals surface area (Å²) in [6, 6.07) is 0. The highest BCUT2D eigenvalue weighted by Gasteiger charge is 2.02. The Bertz CT molecular complexity index is 282. The average Bonchev–Trinajstić information content (AvgIpc) is 2.04. The third-order valence-corrected chi connectivity index (χ3v) is 2.70. The van der Waals surface area contributed by atoms with Crippen LogP contribution in [0.25, 0.3) is 0 Å². The van der Waals surface area contributed by atoms with Crippen LogP contribution in [-0.2, 0) is 10.1 Å². The maximum absolute atomic E-state index is 10.3. The van der Waals surface area contributed by atoms with Gasteiger partial charge >= 0.3 is 0 Å².